The summed E-state index contributed by atoms with van der Waals surface area (Å²) in [6.07, 6.45) is 1.56. The van der Waals surface area contributed by atoms with E-state index in [1.165, 1.54) is 11.6 Å². The fraction of sp³-hybridized carbons (Fsp3) is 0.267. The maximum Gasteiger partial charge on any atom is 0.241 e. The summed E-state index contributed by atoms with van der Waals surface area (Å²) in [5.74, 6) is 0.620. The summed E-state index contributed by atoms with van der Waals surface area (Å²) in [6, 6.07) is 13.1. The molecule has 0 unspecified atom stereocenters. The summed E-state index contributed by atoms with van der Waals surface area (Å²) in [7, 11) is -1.97. The van der Waals surface area contributed by atoms with Gasteiger partial charge in [0.1, 0.15) is 10.7 Å². The van der Waals surface area contributed by atoms with Crippen LogP contribution in [-0.2, 0) is 10.0 Å². The van der Waals surface area contributed by atoms with Gasteiger partial charge in [-0.2, -0.15) is 0 Å². The van der Waals surface area contributed by atoms with E-state index >= 15 is 0 Å². The van der Waals surface area contributed by atoms with Gasteiger partial charge in [-0.05, 0) is 23.6 Å². The van der Waals surface area contributed by atoms with Crippen molar-refractivity contribution in [3.8, 4) is 0 Å². The number of hydrogen-bond donors (Lipinski definition) is 1. The fourth-order valence-electron chi connectivity index (χ4n) is 2.28. The van der Waals surface area contributed by atoms with Crippen LogP contribution in [0.5, 0.6) is 0 Å². The number of sulfonamides is 1. The molecule has 0 aliphatic heterocycles. The fourth-order valence-corrected chi connectivity index (χ4v) is 3.01. The van der Waals surface area contributed by atoms with Crippen LogP contribution >= 0.6 is 0 Å². The second-order valence-electron chi connectivity index (χ2n) is 5.06. The molecule has 0 amide bonds. The molecule has 0 aliphatic carbocycles. The summed E-state index contributed by atoms with van der Waals surface area (Å²) in [6.45, 7) is 2.73. The normalized spacial score (nSPS) is 12.9. The molecule has 2 N–H and O–H groups in total. The minimum absolute atomic E-state index is 0.0489. The zero-order valence-electron chi connectivity index (χ0n) is 12.1. The van der Waals surface area contributed by atoms with Crippen LogP contribution in [-0.4, -0.2) is 27.0 Å². The Balaban J connectivity index is 2.24. The van der Waals surface area contributed by atoms with Crippen molar-refractivity contribution in [2.45, 2.75) is 17.7 Å². The van der Waals surface area contributed by atoms with Crippen molar-refractivity contribution in [2.24, 2.45) is 5.14 Å². The molecule has 1 aromatic carbocycles. The number of aromatic nitrogens is 1. The predicted octanol–water partition coefficient (Wildman–Crippen LogP) is 1.97. The van der Waals surface area contributed by atoms with Crippen LogP contribution < -0.4 is 10.0 Å². The highest BCUT2D eigenvalue weighted by atomic mass is 32.2. The molecule has 0 saturated heterocycles. The van der Waals surface area contributed by atoms with Gasteiger partial charge in [-0.15, -0.1) is 0 Å². The molecule has 2 rings (SSSR count). The Morgan fingerprint density at radius 1 is 1.19 bits per heavy atom. The van der Waals surface area contributed by atoms with Crippen molar-refractivity contribution in [1.29, 1.82) is 0 Å². The number of rotatable bonds is 5. The first-order chi connectivity index (χ1) is 9.89. The molecule has 0 saturated carbocycles. The van der Waals surface area contributed by atoms with Gasteiger partial charge in [0.2, 0.25) is 10.0 Å². The van der Waals surface area contributed by atoms with Crippen molar-refractivity contribution >= 4 is 15.8 Å². The van der Waals surface area contributed by atoms with Crippen LogP contribution in [0.3, 0.4) is 0 Å². The third-order valence-electron chi connectivity index (χ3n) is 3.34. The molecular weight excluding hydrogens is 286 g/mol. The Kier molecular flexibility index (Phi) is 4.59. The van der Waals surface area contributed by atoms with Crippen molar-refractivity contribution in [3.63, 3.8) is 0 Å². The summed E-state index contributed by atoms with van der Waals surface area (Å²) < 4.78 is 23.3. The minimum Gasteiger partial charge on any atom is -0.358 e. The molecule has 2 aromatic rings. The van der Waals surface area contributed by atoms with E-state index in [4.69, 9.17) is 5.14 Å². The van der Waals surface area contributed by atoms with Gasteiger partial charge in [-0.3, -0.25) is 0 Å². The molecule has 5 nitrogen and oxygen atoms in total. The minimum atomic E-state index is -3.78. The number of nitrogens with zero attached hydrogens (tertiary/aromatic N) is 2. The zero-order chi connectivity index (χ0) is 15.5. The smallest absolute Gasteiger partial charge is 0.241 e. The zero-order valence-corrected chi connectivity index (χ0v) is 12.9. The van der Waals surface area contributed by atoms with Gasteiger partial charge in [0.15, 0.2) is 0 Å². The van der Waals surface area contributed by atoms with E-state index in [0.29, 0.717) is 12.4 Å². The van der Waals surface area contributed by atoms with Crippen molar-refractivity contribution < 1.29 is 8.42 Å². The molecule has 0 radical (unpaired) electrons. The molecule has 1 atom stereocenters. The van der Waals surface area contributed by atoms with Gasteiger partial charge < -0.3 is 4.90 Å². The van der Waals surface area contributed by atoms with Gasteiger partial charge in [0.05, 0.1) is 0 Å². The SMILES string of the molecule is C[C@H](CN(C)c1ncccc1S(N)(=O)=O)c1ccccc1. The lowest BCUT2D eigenvalue weighted by molar-refractivity contribution is 0.596. The lowest BCUT2D eigenvalue weighted by Crippen LogP contribution is -2.27. The van der Waals surface area contributed by atoms with E-state index < -0.39 is 10.0 Å². The largest absolute Gasteiger partial charge is 0.358 e. The average molecular weight is 305 g/mol. The van der Waals surface area contributed by atoms with Crippen LogP contribution in [0.2, 0.25) is 0 Å². The number of likely N-dealkylation sites (N-methyl/N-ethyl adjacent to an activating group) is 1. The Morgan fingerprint density at radius 3 is 2.48 bits per heavy atom. The number of primary sulfonamides is 1. The summed E-state index contributed by atoms with van der Waals surface area (Å²) in [5, 5.41) is 5.24. The summed E-state index contributed by atoms with van der Waals surface area (Å²) >= 11 is 0. The van der Waals surface area contributed by atoms with E-state index in [1.54, 1.807) is 12.3 Å². The van der Waals surface area contributed by atoms with E-state index in [-0.39, 0.29) is 10.8 Å². The lowest BCUT2D eigenvalue weighted by Gasteiger charge is -2.24. The van der Waals surface area contributed by atoms with Crippen LogP contribution in [0.1, 0.15) is 18.4 Å². The van der Waals surface area contributed by atoms with Crippen LogP contribution in [0, 0.1) is 0 Å². The van der Waals surface area contributed by atoms with E-state index in [0.717, 1.165) is 0 Å². The molecule has 0 fully saturated rings. The van der Waals surface area contributed by atoms with E-state index in [9.17, 15) is 8.42 Å². The molecule has 112 valence electrons. The van der Waals surface area contributed by atoms with Gasteiger partial charge in [-0.25, -0.2) is 18.5 Å². The summed E-state index contributed by atoms with van der Waals surface area (Å²) in [4.78, 5) is 6.02. The van der Waals surface area contributed by atoms with Gasteiger partial charge >= 0.3 is 0 Å². The Bertz CT molecular complexity index is 702. The molecule has 0 aliphatic rings. The number of nitrogens with two attached hydrogens (primary N) is 1. The van der Waals surface area contributed by atoms with Crippen molar-refractivity contribution in [3.05, 3.63) is 54.2 Å². The van der Waals surface area contributed by atoms with Gasteiger partial charge in [-0.1, -0.05) is 37.3 Å². The first-order valence-electron chi connectivity index (χ1n) is 6.63. The maximum absolute atomic E-state index is 11.6. The summed E-state index contributed by atoms with van der Waals surface area (Å²) in [5.41, 5.74) is 1.19. The maximum atomic E-state index is 11.6. The molecule has 0 bridgehead atoms. The van der Waals surface area contributed by atoms with Crippen molar-refractivity contribution in [1.82, 2.24) is 4.98 Å². The highest BCUT2D eigenvalue weighted by molar-refractivity contribution is 7.89. The number of hydrogen-bond acceptors (Lipinski definition) is 4. The third kappa shape index (κ3) is 3.80. The number of pyridine rings is 1. The molecule has 6 heteroatoms. The van der Waals surface area contributed by atoms with Crippen LogP contribution in [0.4, 0.5) is 5.82 Å². The van der Waals surface area contributed by atoms with E-state index in [2.05, 4.69) is 24.0 Å². The third-order valence-corrected chi connectivity index (χ3v) is 4.27. The predicted molar refractivity (Wildman–Crippen MR) is 83.7 cm³/mol. The molecular formula is C15H19N3O2S. The standard InChI is InChI=1S/C15H19N3O2S/c1-12(13-7-4-3-5-8-13)11-18(2)15-14(21(16,19)20)9-6-10-17-15/h3-10,12H,11H2,1-2H3,(H2,16,19,20)/t12-/m1/s1. The van der Waals surface area contributed by atoms with Crippen LogP contribution in [0.15, 0.2) is 53.6 Å². The Hall–Kier alpha value is -1.92. The second kappa shape index (κ2) is 6.24. The Labute approximate surface area is 125 Å². The molecule has 21 heavy (non-hydrogen) atoms. The highest BCUT2D eigenvalue weighted by Gasteiger charge is 2.19. The number of benzene rings is 1. The second-order valence-corrected chi connectivity index (χ2v) is 6.59. The highest BCUT2D eigenvalue weighted by Crippen LogP contribution is 2.23. The molecule has 1 aromatic heterocycles. The first kappa shape index (κ1) is 15.5. The average Bonchev–Trinajstić information content (AvgIpc) is 2.47. The molecule has 1 heterocycles. The molecule has 0 spiro atoms. The monoisotopic (exact) mass is 305 g/mol. The van der Waals surface area contributed by atoms with Crippen molar-refractivity contribution in [2.75, 3.05) is 18.5 Å². The van der Waals surface area contributed by atoms with Crippen LogP contribution in [0.25, 0.3) is 0 Å². The Morgan fingerprint density at radius 2 is 1.86 bits per heavy atom. The first-order valence-corrected chi connectivity index (χ1v) is 8.18. The van der Waals surface area contributed by atoms with Gasteiger partial charge in [0, 0.05) is 19.8 Å². The van der Waals surface area contributed by atoms with Gasteiger partial charge in [0.25, 0.3) is 0 Å². The topological polar surface area (TPSA) is 76.3 Å². The number of anilines is 1. The lowest BCUT2D eigenvalue weighted by atomic mass is 10.0. The van der Waals surface area contributed by atoms with E-state index in [1.807, 2.05) is 30.1 Å². The quantitative estimate of drug-likeness (QED) is 0.916.